The summed E-state index contributed by atoms with van der Waals surface area (Å²) in [6, 6.07) is 0.345. The first-order valence-electron chi connectivity index (χ1n) is 4.88. The SMILES string of the molecule is NC1CCCC(SCC(O)CO)C1. The van der Waals surface area contributed by atoms with E-state index < -0.39 is 6.10 Å². The molecular formula is C9H19NO2S. The zero-order valence-corrected chi connectivity index (χ0v) is 8.67. The van der Waals surface area contributed by atoms with Crippen LogP contribution in [0.3, 0.4) is 0 Å². The molecule has 1 saturated carbocycles. The van der Waals surface area contributed by atoms with Crippen LogP contribution in [0.5, 0.6) is 0 Å². The van der Waals surface area contributed by atoms with E-state index in [-0.39, 0.29) is 6.61 Å². The Morgan fingerprint density at radius 2 is 2.23 bits per heavy atom. The van der Waals surface area contributed by atoms with Crippen LogP contribution in [0.25, 0.3) is 0 Å². The van der Waals surface area contributed by atoms with Crippen molar-refractivity contribution in [3.8, 4) is 0 Å². The van der Waals surface area contributed by atoms with Gasteiger partial charge in [0.25, 0.3) is 0 Å². The van der Waals surface area contributed by atoms with Gasteiger partial charge in [-0.3, -0.25) is 0 Å². The summed E-state index contributed by atoms with van der Waals surface area (Å²) in [6.07, 6.45) is 4.04. The molecule has 0 bridgehead atoms. The third-order valence-corrected chi connectivity index (χ3v) is 3.88. The van der Waals surface area contributed by atoms with Gasteiger partial charge in [0.2, 0.25) is 0 Å². The summed E-state index contributed by atoms with van der Waals surface area (Å²) < 4.78 is 0. The predicted molar refractivity (Wildman–Crippen MR) is 55.8 cm³/mol. The van der Waals surface area contributed by atoms with Crippen molar-refractivity contribution in [1.82, 2.24) is 0 Å². The fraction of sp³-hybridized carbons (Fsp3) is 1.00. The maximum Gasteiger partial charge on any atom is 0.0861 e. The molecule has 0 spiro atoms. The average molecular weight is 205 g/mol. The smallest absolute Gasteiger partial charge is 0.0861 e. The fourth-order valence-electron chi connectivity index (χ4n) is 1.63. The topological polar surface area (TPSA) is 66.5 Å². The molecule has 3 atom stereocenters. The van der Waals surface area contributed by atoms with Crippen LogP contribution >= 0.6 is 11.8 Å². The van der Waals surface area contributed by atoms with Gasteiger partial charge in [-0.25, -0.2) is 0 Å². The third-order valence-electron chi connectivity index (χ3n) is 2.40. The summed E-state index contributed by atoms with van der Waals surface area (Å²) in [5.41, 5.74) is 5.84. The van der Waals surface area contributed by atoms with Crippen LogP contribution in [-0.2, 0) is 0 Å². The van der Waals surface area contributed by atoms with Crippen LogP contribution in [0.4, 0.5) is 0 Å². The van der Waals surface area contributed by atoms with Crippen LogP contribution < -0.4 is 5.73 Å². The fourth-order valence-corrected chi connectivity index (χ4v) is 2.95. The Kier molecular flexibility index (Phi) is 5.09. The lowest BCUT2D eigenvalue weighted by atomic mass is 9.96. The minimum Gasteiger partial charge on any atom is -0.394 e. The number of hydrogen-bond donors (Lipinski definition) is 3. The number of rotatable bonds is 4. The van der Waals surface area contributed by atoms with Crippen molar-refractivity contribution in [3.05, 3.63) is 0 Å². The van der Waals surface area contributed by atoms with Crippen molar-refractivity contribution in [2.45, 2.75) is 43.1 Å². The predicted octanol–water partition coefficient (Wildman–Crippen LogP) is 0.343. The second-order valence-corrected chi connectivity index (χ2v) is 5.05. The molecule has 0 saturated heterocycles. The maximum atomic E-state index is 9.15. The highest BCUT2D eigenvalue weighted by Crippen LogP contribution is 2.27. The van der Waals surface area contributed by atoms with Crippen LogP contribution in [0, 0.1) is 0 Å². The molecule has 13 heavy (non-hydrogen) atoms. The highest BCUT2D eigenvalue weighted by molar-refractivity contribution is 7.99. The van der Waals surface area contributed by atoms with E-state index in [0.29, 0.717) is 17.0 Å². The summed E-state index contributed by atoms with van der Waals surface area (Å²) in [7, 11) is 0. The Hall–Kier alpha value is 0.230. The van der Waals surface area contributed by atoms with Crippen molar-refractivity contribution in [2.24, 2.45) is 5.73 Å². The summed E-state index contributed by atoms with van der Waals surface area (Å²) in [6.45, 7) is -0.133. The molecule has 0 heterocycles. The molecular weight excluding hydrogens is 186 g/mol. The Balaban J connectivity index is 2.13. The van der Waals surface area contributed by atoms with Gasteiger partial charge < -0.3 is 15.9 Å². The van der Waals surface area contributed by atoms with Crippen LogP contribution in [0.15, 0.2) is 0 Å². The van der Waals surface area contributed by atoms with Gasteiger partial charge in [0, 0.05) is 17.0 Å². The maximum absolute atomic E-state index is 9.15. The summed E-state index contributed by atoms with van der Waals surface area (Å²) in [5, 5.41) is 18.4. The number of aliphatic hydroxyl groups is 2. The molecule has 3 unspecified atom stereocenters. The minimum atomic E-state index is -0.567. The summed E-state index contributed by atoms with van der Waals surface area (Å²) in [4.78, 5) is 0. The molecule has 1 aliphatic carbocycles. The van der Waals surface area contributed by atoms with Gasteiger partial charge in [0.05, 0.1) is 12.7 Å². The molecule has 0 radical (unpaired) electrons. The second kappa shape index (κ2) is 5.86. The first kappa shape index (κ1) is 11.3. The van der Waals surface area contributed by atoms with E-state index in [1.165, 1.54) is 12.8 Å². The lowest BCUT2D eigenvalue weighted by molar-refractivity contribution is 0.113. The highest BCUT2D eigenvalue weighted by Gasteiger charge is 2.20. The molecule has 0 amide bonds. The standard InChI is InChI=1S/C9H19NO2S/c10-7-2-1-3-9(4-7)13-6-8(12)5-11/h7-9,11-12H,1-6,10H2. The number of aliphatic hydroxyl groups excluding tert-OH is 2. The molecule has 78 valence electrons. The molecule has 4 N–H and O–H groups in total. The first-order valence-corrected chi connectivity index (χ1v) is 5.93. The van der Waals surface area contributed by atoms with Gasteiger partial charge in [-0.05, 0) is 19.3 Å². The molecule has 0 aromatic heterocycles. The van der Waals surface area contributed by atoms with Gasteiger partial charge in [-0.1, -0.05) is 6.42 Å². The van der Waals surface area contributed by atoms with Crippen molar-refractivity contribution in [2.75, 3.05) is 12.4 Å². The van der Waals surface area contributed by atoms with Crippen molar-refractivity contribution in [1.29, 1.82) is 0 Å². The van der Waals surface area contributed by atoms with Gasteiger partial charge in [0.15, 0.2) is 0 Å². The van der Waals surface area contributed by atoms with E-state index in [1.807, 2.05) is 0 Å². The quantitative estimate of drug-likeness (QED) is 0.619. The Morgan fingerprint density at radius 3 is 2.85 bits per heavy atom. The van der Waals surface area contributed by atoms with Crippen LogP contribution in [-0.4, -0.2) is 40.0 Å². The van der Waals surface area contributed by atoms with Crippen molar-refractivity contribution in [3.63, 3.8) is 0 Å². The van der Waals surface area contributed by atoms with Crippen LogP contribution in [0.1, 0.15) is 25.7 Å². The number of thioether (sulfide) groups is 1. The van der Waals surface area contributed by atoms with Gasteiger partial charge in [0.1, 0.15) is 0 Å². The molecule has 1 aliphatic rings. The van der Waals surface area contributed by atoms with E-state index in [4.69, 9.17) is 15.9 Å². The molecule has 0 aliphatic heterocycles. The van der Waals surface area contributed by atoms with E-state index in [0.717, 1.165) is 12.8 Å². The summed E-state index contributed by atoms with van der Waals surface area (Å²) >= 11 is 1.74. The molecule has 3 nitrogen and oxygen atoms in total. The first-order chi connectivity index (χ1) is 6.22. The monoisotopic (exact) mass is 205 g/mol. The lowest BCUT2D eigenvalue weighted by Gasteiger charge is -2.26. The summed E-state index contributed by atoms with van der Waals surface area (Å²) in [5.74, 6) is 0.633. The van der Waals surface area contributed by atoms with Crippen molar-refractivity contribution < 1.29 is 10.2 Å². The largest absolute Gasteiger partial charge is 0.394 e. The zero-order valence-electron chi connectivity index (χ0n) is 7.85. The average Bonchev–Trinajstić information content (AvgIpc) is 2.14. The molecule has 1 rings (SSSR count). The Bertz CT molecular complexity index is 146. The number of hydrogen-bond acceptors (Lipinski definition) is 4. The number of nitrogens with two attached hydrogens (primary N) is 1. The zero-order chi connectivity index (χ0) is 9.68. The van der Waals surface area contributed by atoms with Gasteiger partial charge >= 0.3 is 0 Å². The Labute approximate surface area is 83.7 Å². The third kappa shape index (κ3) is 4.31. The minimum absolute atomic E-state index is 0.133. The highest BCUT2D eigenvalue weighted by atomic mass is 32.2. The molecule has 4 heteroatoms. The second-order valence-electron chi connectivity index (χ2n) is 3.72. The van der Waals surface area contributed by atoms with E-state index in [9.17, 15) is 0 Å². The Morgan fingerprint density at radius 1 is 1.46 bits per heavy atom. The molecule has 0 aromatic carbocycles. The van der Waals surface area contributed by atoms with Gasteiger partial charge in [-0.2, -0.15) is 11.8 Å². The van der Waals surface area contributed by atoms with Crippen LogP contribution in [0.2, 0.25) is 0 Å². The molecule has 0 aromatic rings. The van der Waals surface area contributed by atoms with E-state index >= 15 is 0 Å². The van der Waals surface area contributed by atoms with E-state index in [1.54, 1.807) is 11.8 Å². The van der Waals surface area contributed by atoms with Crippen molar-refractivity contribution >= 4 is 11.8 Å². The normalized spacial score (nSPS) is 31.6. The van der Waals surface area contributed by atoms with E-state index in [2.05, 4.69) is 0 Å². The van der Waals surface area contributed by atoms with Gasteiger partial charge in [-0.15, -0.1) is 0 Å². The lowest BCUT2D eigenvalue weighted by Crippen LogP contribution is -2.30. The molecule has 1 fully saturated rings.